The lowest BCUT2D eigenvalue weighted by Gasteiger charge is -2.24. The minimum atomic E-state index is -0.569. The molecule has 7 heteroatoms. The van der Waals surface area contributed by atoms with Crippen LogP contribution in [-0.2, 0) is 9.53 Å². The van der Waals surface area contributed by atoms with Crippen LogP contribution in [0.3, 0.4) is 0 Å². The number of rotatable bonds is 7. The van der Waals surface area contributed by atoms with Gasteiger partial charge in [0, 0.05) is 11.7 Å². The van der Waals surface area contributed by atoms with Gasteiger partial charge in [0.25, 0.3) is 5.91 Å². The summed E-state index contributed by atoms with van der Waals surface area (Å²) >= 11 is 0. The van der Waals surface area contributed by atoms with E-state index >= 15 is 0 Å². The summed E-state index contributed by atoms with van der Waals surface area (Å²) in [5, 5.41) is 7.12. The zero-order chi connectivity index (χ0) is 19.3. The van der Waals surface area contributed by atoms with Gasteiger partial charge in [-0.1, -0.05) is 26.8 Å². The fraction of sp³-hybridized carbons (Fsp3) is 0.474. The van der Waals surface area contributed by atoms with Crippen molar-refractivity contribution in [3.8, 4) is 5.82 Å². The van der Waals surface area contributed by atoms with E-state index in [1.54, 1.807) is 10.9 Å². The molecule has 0 atom stereocenters. The molecule has 1 amide bonds. The first-order valence-corrected chi connectivity index (χ1v) is 8.72. The third-order valence-corrected chi connectivity index (χ3v) is 4.14. The van der Waals surface area contributed by atoms with Gasteiger partial charge in [0.1, 0.15) is 5.56 Å². The van der Waals surface area contributed by atoms with E-state index in [-0.39, 0.29) is 24.0 Å². The fourth-order valence-corrected chi connectivity index (χ4v) is 2.44. The lowest BCUT2D eigenvalue weighted by Crippen LogP contribution is -2.44. The maximum atomic E-state index is 12.5. The average molecular weight is 358 g/mol. The lowest BCUT2D eigenvalue weighted by atomic mass is 10.0. The molecule has 2 heterocycles. The number of nitrogens with zero attached hydrogens (tertiary/aromatic N) is 3. The number of hydrogen-bond donors (Lipinski definition) is 1. The van der Waals surface area contributed by atoms with Crippen LogP contribution in [-0.4, -0.2) is 38.8 Å². The van der Waals surface area contributed by atoms with E-state index in [1.807, 2.05) is 52.8 Å². The molecule has 0 aliphatic heterocycles. The number of nitrogens with one attached hydrogen (secondary N) is 1. The summed E-state index contributed by atoms with van der Waals surface area (Å²) < 4.78 is 6.82. The van der Waals surface area contributed by atoms with E-state index in [2.05, 4.69) is 15.4 Å². The normalized spacial score (nSPS) is 11.5. The highest BCUT2D eigenvalue weighted by molar-refractivity contribution is 5.92. The summed E-state index contributed by atoms with van der Waals surface area (Å²) in [5.41, 5.74) is 0.701. The Morgan fingerprint density at radius 1 is 1.31 bits per heavy atom. The number of hydrogen-bond acceptors (Lipinski definition) is 5. The van der Waals surface area contributed by atoms with Crippen LogP contribution in [0.1, 0.15) is 63.0 Å². The zero-order valence-corrected chi connectivity index (χ0v) is 15.9. The summed E-state index contributed by atoms with van der Waals surface area (Å²) in [4.78, 5) is 28.7. The summed E-state index contributed by atoms with van der Waals surface area (Å²) in [6.45, 7) is 9.41. The maximum Gasteiger partial charge on any atom is 0.342 e. The molecule has 0 aromatic carbocycles. The Balaban J connectivity index is 2.15. The highest BCUT2D eigenvalue weighted by Gasteiger charge is 2.24. The number of pyridine rings is 1. The van der Waals surface area contributed by atoms with Crippen LogP contribution in [0, 0.1) is 0 Å². The second kappa shape index (κ2) is 8.12. The van der Waals surface area contributed by atoms with E-state index in [0.29, 0.717) is 17.1 Å². The molecule has 0 spiro atoms. The van der Waals surface area contributed by atoms with Crippen LogP contribution in [0.25, 0.3) is 5.82 Å². The molecule has 0 bridgehead atoms. The van der Waals surface area contributed by atoms with E-state index in [9.17, 15) is 9.59 Å². The van der Waals surface area contributed by atoms with Crippen molar-refractivity contribution in [1.29, 1.82) is 0 Å². The van der Waals surface area contributed by atoms with Gasteiger partial charge in [-0.3, -0.25) is 4.79 Å². The van der Waals surface area contributed by atoms with Gasteiger partial charge in [0.2, 0.25) is 0 Å². The Labute approximate surface area is 153 Å². The molecule has 2 aromatic rings. The quantitative estimate of drug-likeness (QED) is 0.769. The molecule has 0 saturated heterocycles. The number of ether oxygens (including phenoxy) is 1. The number of aromatic nitrogens is 3. The molecule has 2 rings (SSSR count). The largest absolute Gasteiger partial charge is 0.452 e. The van der Waals surface area contributed by atoms with Crippen molar-refractivity contribution in [3.05, 3.63) is 41.9 Å². The van der Waals surface area contributed by atoms with Gasteiger partial charge in [-0.2, -0.15) is 5.10 Å². The van der Waals surface area contributed by atoms with E-state index in [1.165, 1.54) is 6.20 Å². The lowest BCUT2D eigenvalue weighted by molar-refractivity contribution is -0.125. The zero-order valence-electron chi connectivity index (χ0n) is 15.9. The summed E-state index contributed by atoms with van der Waals surface area (Å²) in [5.74, 6) is -0.249. The molecule has 1 N–H and O–H groups in total. The molecule has 0 aliphatic carbocycles. The molecule has 0 radical (unpaired) electrons. The fourth-order valence-electron chi connectivity index (χ4n) is 2.44. The first kappa shape index (κ1) is 19.6. The number of carbonyl (C=O) groups is 2. The van der Waals surface area contributed by atoms with Crippen molar-refractivity contribution in [2.45, 2.75) is 52.5 Å². The third kappa shape index (κ3) is 4.68. The molecule has 26 heavy (non-hydrogen) atoms. The molecular weight excluding hydrogens is 332 g/mol. The predicted molar refractivity (Wildman–Crippen MR) is 98.2 cm³/mol. The smallest absolute Gasteiger partial charge is 0.342 e. The van der Waals surface area contributed by atoms with Crippen LogP contribution >= 0.6 is 0 Å². The highest BCUT2D eigenvalue weighted by atomic mass is 16.5. The topological polar surface area (TPSA) is 86.1 Å². The van der Waals surface area contributed by atoms with E-state index in [4.69, 9.17) is 4.74 Å². The van der Waals surface area contributed by atoms with Crippen molar-refractivity contribution in [3.63, 3.8) is 0 Å². The van der Waals surface area contributed by atoms with Crippen molar-refractivity contribution in [2.75, 3.05) is 6.61 Å². The first-order chi connectivity index (χ1) is 12.2. The highest BCUT2D eigenvalue weighted by Crippen LogP contribution is 2.22. The van der Waals surface area contributed by atoms with Crippen LogP contribution in [0.2, 0.25) is 0 Å². The van der Waals surface area contributed by atoms with Gasteiger partial charge in [-0.25, -0.2) is 14.5 Å². The molecule has 140 valence electrons. The number of esters is 1. The van der Waals surface area contributed by atoms with Gasteiger partial charge >= 0.3 is 5.97 Å². The molecule has 0 aliphatic rings. The number of amides is 1. The Bertz CT molecular complexity index is 766. The standard InChI is InChI=1S/C19H26N4O3/c1-6-19(4,5)22-16(24)12-26-18(25)14-11-21-23(17(14)13(2)3)15-9-7-8-10-20-15/h7-11,13H,6,12H2,1-5H3,(H,22,24). The Hall–Kier alpha value is -2.70. The van der Waals surface area contributed by atoms with Crippen molar-refractivity contribution in [1.82, 2.24) is 20.1 Å². The first-order valence-electron chi connectivity index (χ1n) is 8.72. The van der Waals surface area contributed by atoms with Gasteiger partial charge in [-0.15, -0.1) is 0 Å². The van der Waals surface area contributed by atoms with Gasteiger partial charge in [-0.05, 0) is 38.3 Å². The monoisotopic (exact) mass is 358 g/mol. The molecule has 0 unspecified atom stereocenters. The van der Waals surface area contributed by atoms with Gasteiger partial charge < -0.3 is 10.1 Å². The van der Waals surface area contributed by atoms with Crippen LogP contribution in [0.15, 0.2) is 30.6 Å². The SMILES string of the molecule is CCC(C)(C)NC(=O)COC(=O)c1cnn(-c2ccccn2)c1C(C)C. The van der Waals surface area contributed by atoms with Crippen molar-refractivity contribution in [2.24, 2.45) is 0 Å². The third-order valence-electron chi connectivity index (χ3n) is 4.14. The summed E-state index contributed by atoms with van der Waals surface area (Å²) in [6.07, 6.45) is 3.90. The Kier molecular flexibility index (Phi) is 6.13. The Morgan fingerprint density at radius 2 is 2.04 bits per heavy atom. The van der Waals surface area contributed by atoms with Crippen molar-refractivity contribution < 1.29 is 14.3 Å². The maximum absolute atomic E-state index is 12.5. The van der Waals surface area contributed by atoms with E-state index in [0.717, 1.165) is 6.42 Å². The van der Waals surface area contributed by atoms with Crippen LogP contribution in [0.5, 0.6) is 0 Å². The molecular formula is C19H26N4O3. The second-order valence-electron chi connectivity index (χ2n) is 7.06. The summed E-state index contributed by atoms with van der Waals surface area (Å²) in [7, 11) is 0. The van der Waals surface area contributed by atoms with Gasteiger partial charge in [0.05, 0.1) is 11.9 Å². The summed E-state index contributed by atoms with van der Waals surface area (Å²) in [6, 6.07) is 5.48. The second-order valence-corrected chi connectivity index (χ2v) is 7.06. The minimum Gasteiger partial charge on any atom is -0.452 e. The molecule has 2 aromatic heterocycles. The Morgan fingerprint density at radius 3 is 2.62 bits per heavy atom. The van der Waals surface area contributed by atoms with Crippen molar-refractivity contribution >= 4 is 11.9 Å². The molecule has 0 saturated carbocycles. The predicted octanol–water partition coefficient (Wildman–Crippen LogP) is 2.85. The molecule has 7 nitrogen and oxygen atoms in total. The van der Waals surface area contributed by atoms with E-state index < -0.39 is 5.97 Å². The average Bonchev–Trinajstić information content (AvgIpc) is 3.05. The number of carbonyl (C=O) groups excluding carboxylic acids is 2. The molecule has 0 fully saturated rings. The van der Waals surface area contributed by atoms with Crippen LogP contribution in [0.4, 0.5) is 0 Å². The van der Waals surface area contributed by atoms with Crippen LogP contribution < -0.4 is 5.32 Å². The van der Waals surface area contributed by atoms with Gasteiger partial charge in [0.15, 0.2) is 12.4 Å². The minimum absolute atomic E-state index is 0.0231.